The molecule has 0 unspecified atom stereocenters. The zero-order valence-corrected chi connectivity index (χ0v) is 14.9. The van der Waals surface area contributed by atoms with Gasteiger partial charge < -0.3 is 4.74 Å². The molecule has 0 spiro atoms. The second-order valence-electron chi connectivity index (χ2n) is 6.72. The van der Waals surface area contributed by atoms with Crippen LogP contribution in [-0.4, -0.2) is 34.2 Å². The van der Waals surface area contributed by atoms with E-state index in [1.807, 2.05) is 12.2 Å². The van der Waals surface area contributed by atoms with E-state index in [1.165, 1.54) is 18.2 Å². The van der Waals surface area contributed by atoms with Crippen LogP contribution in [0.2, 0.25) is 0 Å². The topological polar surface area (TPSA) is 107 Å². The lowest BCUT2D eigenvalue weighted by molar-refractivity contribution is -0.385. The summed E-state index contributed by atoms with van der Waals surface area (Å²) in [7, 11) is 0. The highest BCUT2D eigenvalue weighted by Gasteiger charge is 2.46. The molecular formula is C19H20N2O6. The summed E-state index contributed by atoms with van der Waals surface area (Å²) in [5.41, 5.74) is 0.419. The van der Waals surface area contributed by atoms with Crippen molar-refractivity contribution in [2.24, 2.45) is 11.8 Å². The Labute approximate surface area is 155 Å². The fraction of sp³-hybridized carbons (Fsp3) is 0.421. The number of nitrogens with zero attached hydrogens (tertiary/aromatic N) is 2. The molecule has 1 aromatic rings. The number of allylic oxidation sites excluding steroid dienone is 2. The zero-order chi connectivity index (χ0) is 19.6. The normalized spacial score (nSPS) is 22.5. The molecule has 1 aliphatic heterocycles. The molecule has 3 atom stereocenters. The predicted octanol–water partition coefficient (Wildman–Crippen LogP) is 2.54. The number of nitro benzene ring substituents is 1. The highest BCUT2D eigenvalue weighted by molar-refractivity contribution is 6.05. The van der Waals surface area contributed by atoms with Gasteiger partial charge in [0.25, 0.3) is 5.69 Å². The molecule has 0 saturated carbocycles. The van der Waals surface area contributed by atoms with Gasteiger partial charge in [0, 0.05) is 18.7 Å². The van der Waals surface area contributed by atoms with E-state index >= 15 is 0 Å². The molecule has 0 aromatic heterocycles. The van der Waals surface area contributed by atoms with Crippen molar-refractivity contribution in [2.75, 3.05) is 6.54 Å². The number of hydrogen-bond donors (Lipinski definition) is 0. The van der Waals surface area contributed by atoms with E-state index in [0.717, 1.165) is 4.90 Å². The van der Waals surface area contributed by atoms with Crippen LogP contribution in [0.4, 0.5) is 5.69 Å². The number of fused-ring (bicyclic) bond motifs is 1. The Balaban J connectivity index is 1.55. The molecule has 1 heterocycles. The van der Waals surface area contributed by atoms with Gasteiger partial charge >= 0.3 is 5.97 Å². The largest absolute Gasteiger partial charge is 0.458 e. The molecule has 2 amide bonds. The maximum absolute atomic E-state index is 12.4. The minimum Gasteiger partial charge on any atom is -0.458 e. The number of nitro groups is 1. The lowest BCUT2D eigenvalue weighted by Gasteiger charge is -2.16. The second-order valence-corrected chi connectivity index (χ2v) is 6.72. The van der Waals surface area contributed by atoms with E-state index in [4.69, 9.17) is 4.74 Å². The number of carbonyl (C=O) groups is 3. The van der Waals surface area contributed by atoms with Crippen LogP contribution in [0.1, 0.15) is 37.9 Å². The maximum Gasteiger partial charge on any atom is 0.308 e. The standard InChI is InChI=1S/C19H20N2O6/c1-12(13-5-4-6-14(11-13)21(25)26)27-17(22)9-10-20-18(23)15-7-2-3-8-16(15)19(20)24/h2-6,11-12,15-16H,7-10H2,1H3/t12-,15-,16+/m0/s1. The van der Waals surface area contributed by atoms with Gasteiger partial charge in [-0.2, -0.15) is 0 Å². The first kappa shape index (κ1) is 18.8. The van der Waals surface area contributed by atoms with Gasteiger partial charge in [0.1, 0.15) is 6.10 Å². The summed E-state index contributed by atoms with van der Waals surface area (Å²) in [6.45, 7) is 1.61. The summed E-state index contributed by atoms with van der Waals surface area (Å²) in [5.74, 6) is -1.66. The lowest BCUT2D eigenvalue weighted by atomic mass is 9.85. The van der Waals surface area contributed by atoms with Crippen LogP contribution >= 0.6 is 0 Å². The zero-order valence-electron chi connectivity index (χ0n) is 14.9. The average Bonchev–Trinajstić information content (AvgIpc) is 2.91. The number of likely N-dealkylation sites (tertiary alicyclic amines) is 1. The van der Waals surface area contributed by atoms with Gasteiger partial charge in [-0.1, -0.05) is 24.3 Å². The first-order valence-corrected chi connectivity index (χ1v) is 8.82. The van der Waals surface area contributed by atoms with Crippen LogP contribution in [0.5, 0.6) is 0 Å². The molecule has 27 heavy (non-hydrogen) atoms. The molecule has 3 rings (SSSR count). The van der Waals surface area contributed by atoms with E-state index < -0.39 is 17.0 Å². The molecule has 1 saturated heterocycles. The van der Waals surface area contributed by atoms with Gasteiger partial charge in [0.05, 0.1) is 23.2 Å². The van der Waals surface area contributed by atoms with Crippen molar-refractivity contribution in [1.29, 1.82) is 0 Å². The summed E-state index contributed by atoms with van der Waals surface area (Å²) >= 11 is 0. The molecule has 0 N–H and O–H groups in total. The quantitative estimate of drug-likeness (QED) is 0.250. The third kappa shape index (κ3) is 3.89. The van der Waals surface area contributed by atoms with Crippen molar-refractivity contribution in [3.8, 4) is 0 Å². The van der Waals surface area contributed by atoms with Crippen molar-refractivity contribution >= 4 is 23.5 Å². The van der Waals surface area contributed by atoms with E-state index in [1.54, 1.807) is 13.0 Å². The highest BCUT2D eigenvalue weighted by atomic mass is 16.6. The second kappa shape index (κ2) is 7.69. The number of benzene rings is 1. The van der Waals surface area contributed by atoms with E-state index in [0.29, 0.717) is 18.4 Å². The first-order chi connectivity index (χ1) is 12.9. The average molecular weight is 372 g/mol. The molecule has 8 nitrogen and oxygen atoms in total. The van der Waals surface area contributed by atoms with Crippen molar-refractivity contribution in [3.63, 3.8) is 0 Å². The van der Waals surface area contributed by atoms with Crippen LogP contribution < -0.4 is 0 Å². The predicted molar refractivity (Wildman–Crippen MR) is 94.3 cm³/mol. The molecular weight excluding hydrogens is 352 g/mol. The lowest BCUT2D eigenvalue weighted by Crippen LogP contribution is -2.33. The number of carbonyl (C=O) groups excluding carboxylic acids is 3. The summed E-state index contributed by atoms with van der Waals surface area (Å²) in [5, 5.41) is 10.8. The fourth-order valence-corrected chi connectivity index (χ4v) is 3.51. The Morgan fingerprint density at radius 3 is 2.48 bits per heavy atom. The monoisotopic (exact) mass is 372 g/mol. The third-order valence-corrected chi connectivity index (χ3v) is 5.00. The molecule has 2 aliphatic rings. The van der Waals surface area contributed by atoms with Gasteiger partial charge in [-0.05, 0) is 25.3 Å². The number of ether oxygens (including phenoxy) is 1. The molecule has 8 heteroatoms. The minimum absolute atomic E-state index is 0.00877. The number of imide groups is 1. The Bertz CT molecular complexity index is 792. The van der Waals surface area contributed by atoms with Gasteiger partial charge in [0.2, 0.25) is 11.8 Å². The molecule has 0 radical (unpaired) electrons. The van der Waals surface area contributed by atoms with Gasteiger partial charge in [-0.15, -0.1) is 0 Å². The van der Waals surface area contributed by atoms with Crippen molar-refractivity contribution in [1.82, 2.24) is 4.90 Å². The van der Waals surface area contributed by atoms with E-state index in [9.17, 15) is 24.5 Å². The Kier molecular flexibility index (Phi) is 5.34. The number of non-ortho nitro benzene ring substituents is 1. The maximum atomic E-state index is 12.4. The van der Waals surface area contributed by atoms with Crippen LogP contribution in [0.15, 0.2) is 36.4 Å². The first-order valence-electron chi connectivity index (χ1n) is 8.82. The summed E-state index contributed by atoms with van der Waals surface area (Å²) in [6.07, 6.45) is 4.15. The van der Waals surface area contributed by atoms with E-state index in [-0.39, 0.29) is 42.3 Å². The van der Waals surface area contributed by atoms with Crippen LogP contribution in [0, 0.1) is 22.0 Å². The molecule has 142 valence electrons. The van der Waals surface area contributed by atoms with Crippen LogP contribution in [-0.2, 0) is 19.1 Å². The minimum atomic E-state index is -0.672. The SMILES string of the molecule is C[C@H](OC(=O)CCN1C(=O)[C@H]2CC=CC[C@H]2C1=O)c1cccc([N+](=O)[O-])c1. The molecule has 1 aromatic carbocycles. The van der Waals surface area contributed by atoms with Gasteiger partial charge in [-0.25, -0.2) is 0 Å². The van der Waals surface area contributed by atoms with E-state index in [2.05, 4.69) is 0 Å². The highest BCUT2D eigenvalue weighted by Crippen LogP contribution is 2.35. The number of rotatable bonds is 6. The Morgan fingerprint density at radius 2 is 1.89 bits per heavy atom. The van der Waals surface area contributed by atoms with Crippen molar-refractivity contribution in [3.05, 3.63) is 52.1 Å². The van der Waals surface area contributed by atoms with Gasteiger partial charge in [0.15, 0.2) is 0 Å². The van der Waals surface area contributed by atoms with Gasteiger partial charge in [-0.3, -0.25) is 29.4 Å². The number of hydrogen-bond acceptors (Lipinski definition) is 6. The molecule has 1 aliphatic carbocycles. The number of esters is 1. The van der Waals surface area contributed by atoms with Crippen molar-refractivity contribution < 1.29 is 24.0 Å². The summed E-state index contributed by atoms with van der Waals surface area (Å²) in [4.78, 5) is 48.3. The van der Waals surface area contributed by atoms with Crippen LogP contribution in [0.3, 0.4) is 0 Å². The molecule has 1 fully saturated rings. The fourth-order valence-electron chi connectivity index (χ4n) is 3.51. The Morgan fingerprint density at radius 1 is 1.26 bits per heavy atom. The van der Waals surface area contributed by atoms with Crippen LogP contribution in [0.25, 0.3) is 0 Å². The summed E-state index contributed by atoms with van der Waals surface area (Å²) in [6, 6.07) is 5.87. The smallest absolute Gasteiger partial charge is 0.308 e. The molecule has 0 bridgehead atoms. The number of amides is 2. The Hall–Kier alpha value is -3.03. The summed E-state index contributed by atoms with van der Waals surface area (Å²) < 4.78 is 5.30. The van der Waals surface area contributed by atoms with Crippen molar-refractivity contribution in [2.45, 2.75) is 32.3 Å². The third-order valence-electron chi connectivity index (χ3n) is 5.00.